The quantitative estimate of drug-likeness (QED) is 0.702. The first-order valence-electron chi connectivity index (χ1n) is 4.06. The highest BCUT2D eigenvalue weighted by Crippen LogP contribution is 2.39. The predicted octanol–water partition coefficient (Wildman–Crippen LogP) is 4.44. The van der Waals surface area contributed by atoms with E-state index in [2.05, 4.69) is 11.1 Å². The lowest BCUT2D eigenvalue weighted by Gasteiger charge is -2.05. The van der Waals surface area contributed by atoms with Crippen molar-refractivity contribution in [1.82, 2.24) is 4.98 Å². The number of hydrogen-bond donors (Lipinski definition) is 0. The van der Waals surface area contributed by atoms with Crippen LogP contribution >= 0.6 is 46.1 Å². The van der Waals surface area contributed by atoms with Gasteiger partial charge in [0.1, 0.15) is 10.7 Å². The molecule has 0 aliphatic rings. The van der Waals surface area contributed by atoms with E-state index in [0.717, 1.165) is 10.6 Å². The highest BCUT2D eigenvalue weighted by atomic mass is 35.6. The van der Waals surface area contributed by atoms with Crippen LogP contribution in [0.3, 0.4) is 0 Å². The molecule has 0 aliphatic heterocycles. The van der Waals surface area contributed by atoms with Crippen molar-refractivity contribution in [2.24, 2.45) is 0 Å². The highest BCUT2D eigenvalue weighted by molar-refractivity contribution is 7.13. The molecule has 0 aliphatic carbocycles. The molecule has 0 unspecified atom stereocenters. The summed E-state index contributed by atoms with van der Waals surface area (Å²) in [6, 6.07) is 10.4. The third-order valence-electron chi connectivity index (χ3n) is 1.76. The molecule has 2 aromatic rings. The molecule has 0 spiro atoms. The minimum atomic E-state index is -1.45. The molecular formula is C10H5Cl3NS. The summed E-state index contributed by atoms with van der Waals surface area (Å²) in [5.74, 6) is 0. The van der Waals surface area contributed by atoms with Crippen molar-refractivity contribution >= 4 is 46.1 Å². The smallest absolute Gasteiger partial charge is 0.233 e. The average molecular weight is 278 g/mol. The molecule has 2 rings (SSSR count). The normalized spacial score (nSPS) is 11.7. The molecule has 1 radical (unpaired) electrons. The zero-order valence-electron chi connectivity index (χ0n) is 7.38. The summed E-state index contributed by atoms with van der Waals surface area (Å²) in [4.78, 5) is 4.26. The van der Waals surface area contributed by atoms with Crippen LogP contribution in [0.2, 0.25) is 0 Å². The first-order chi connectivity index (χ1) is 7.07. The van der Waals surface area contributed by atoms with Crippen LogP contribution in [0.1, 0.15) is 5.69 Å². The summed E-state index contributed by atoms with van der Waals surface area (Å²) in [6.45, 7) is 0. The molecule has 0 bridgehead atoms. The van der Waals surface area contributed by atoms with E-state index in [-0.39, 0.29) is 0 Å². The number of alkyl halides is 3. The summed E-state index contributed by atoms with van der Waals surface area (Å²) >= 11 is 18.6. The van der Waals surface area contributed by atoms with Crippen LogP contribution in [0.15, 0.2) is 29.6 Å². The molecule has 1 heterocycles. The second-order valence-corrected chi connectivity index (χ2v) is 5.96. The Morgan fingerprint density at radius 1 is 1.20 bits per heavy atom. The van der Waals surface area contributed by atoms with E-state index in [1.54, 1.807) is 5.38 Å². The van der Waals surface area contributed by atoms with Gasteiger partial charge in [-0.2, -0.15) is 0 Å². The van der Waals surface area contributed by atoms with E-state index in [1.807, 2.05) is 24.3 Å². The number of thiazole rings is 1. The van der Waals surface area contributed by atoms with Crippen molar-refractivity contribution in [3.8, 4) is 10.6 Å². The SMILES string of the molecule is ClC(Cl)(Cl)c1csc(-c2cc[c]cc2)n1. The molecule has 0 saturated carbocycles. The maximum absolute atomic E-state index is 5.73. The fourth-order valence-corrected chi connectivity index (χ4v) is 2.43. The van der Waals surface area contributed by atoms with Crippen LogP contribution in [-0.4, -0.2) is 4.98 Å². The Labute approximate surface area is 107 Å². The Balaban J connectivity index is 2.37. The lowest BCUT2D eigenvalue weighted by molar-refractivity contribution is 1.13. The molecule has 0 fully saturated rings. The molecule has 15 heavy (non-hydrogen) atoms. The minimum absolute atomic E-state index is 0.459. The van der Waals surface area contributed by atoms with Crippen molar-refractivity contribution in [2.75, 3.05) is 0 Å². The van der Waals surface area contributed by atoms with Gasteiger partial charge in [-0.15, -0.1) is 11.3 Å². The van der Waals surface area contributed by atoms with Crippen LogP contribution in [0.5, 0.6) is 0 Å². The number of nitrogens with zero attached hydrogens (tertiary/aromatic N) is 1. The number of halogens is 3. The zero-order valence-corrected chi connectivity index (χ0v) is 10.5. The van der Waals surface area contributed by atoms with Crippen molar-refractivity contribution in [2.45, 2.75) is 3.79 Å². The molecule has 77 valence electrons. The summed E-state index contributed by atoms with van der Waals surface area (Å²) in [5.41, 5.74) is 1.46. The maximum Gasteiger partial charge on any atom is 0.233 e. The fraction of sp³-hybridized carbons (Fsp3) is 0.100. The largest absolute Gasteiger partial charge is 0.237 e. The molecule has 1 aromatic heterocycles. The molecule has 0 atom stereocenters. The van der Waals surface area contributed by atoms with Gasteiger partial charge in [0, 0.05) is 10.9 Å². The second kappa shape index (κ2) is 4.30. The lowest BCUT2D eigenvalue weighted by Crippen LogP contribution is -1.99. The number of aromatic nitrogens is 1. The Bertz CT molecular complexity index is 447. The summed E-state index contributed by atoms with van der Waals surface area (Å²) < 4.78 is -1.45. The number of benzene rings is 1. The summed E-state index contributed by atoms with van der Waals surface area (Å²) in [6.07, 6.45) is 0. The van der Waals surface area contributed by atoms with Gasteiger partial charge in [0.05, 0.1) is 0 Å². The van der Waals surface area contributed by atoms with Crippen LogP contribution in [-0.2, 0) is 3.79 Å². The third kappa shape index (κ3) is 2.64. The molecule has 0 saturated heterocycles. The third-order valence-corrected chi connectivity index (χ3v) is 3.23. The van der Waals surface area contributed by atoms with E-state index in [1.165, 1.54) is 11.3 Å². The Morgan fingerprint density at radius 2 is 1.87 bits per heavy atom. The molecular weight excluding hydrogens is 273 g/mol. The molecule has 1 aromatic carbocycles. The first kappa shape index (κ1) is 11.2. The van der Waals surface area contributed by atoms with Crippen LogP contribution in [0.25, 0.3) is 10.6 Å². The standard InChI is InChI=1S/C10H5Cl3NS/c11-10(12,13)8-6-15-9(14-8)7-4-2-1-3-5-7/h2-6H. The van der Waals surface area contributed by atoms with Gasteiger partial charge in [0.25, 0.3) is 0 Å². The van der Waals surface area contributed by atoms with Gasteiger partial charge in [-0.3, -0.25) is 0 Å². The first-order valence-corrected chi connectivity index (χ1v) is 6.08. The minimum Gasteiger partial charge on any atom is -0.237 e. The van der Waals surface area contributed by atoms with Gasteiger partial charge >= 0.3 is 0 Å². The van der Waals surface area contributed by atoms with Crippen molar-refractivity contribution in [3.63, 3.8) is 0 Å². The van der Waals surface area contributed by atoms with Crippen LogP contribution in [0, 0.1) is 6.07 Å². The van der Waals surface area contributed by atoms with E-state index < -0.39 is 3.79 Å². The van der Waals surface area contributed by atoms with E-state index in [0.29, 0.717) is 5.69 Å². The van der Waals surface area contributed by atoms with E-state index in [4.69, 9.17) is 34.8 Å². The van der Waals surface area contributed by atoms with Crippen molar-refractivity contribution in [3.05, 3.63) is 41.4 Å². The van der Waals surface area contributed by atoms with Gasteiger partial charge in [-0.25, -0.2) is 4.98 Å². The topological polar surface area (TPSA) is 12.9 Å². The zero-order chi connectivity index (χ0) is 10.9. The average Bonchev–Trinajstić information content (AvgIpc) is 2.67. The Morgan fingerprint density at radius 3 is 2.40 bits per heavy atom. The summed E-state index contributed by atoms with van der Waals surface area (Å²) in [5, 5.41) is 2.59. The van der Waals surface area contributed by atoms with E-state index in [9.17, 15) is 0 Å². The maximum atomic E-state index is 5.73. The number of hydrogen-bond acceptors (Lipinski definition) is 2. The van der Waals surface area contributed by atoms with Crippen molar-refractivity contribution in [1.29, 1.82) is 0 Å². The van der Waals surface area contributed by atoms with Gasteiger partial charge in [-0.05, 0) is 6.07 Å². The molecule has 5 heteroatoms. The molecule has 1 nitrogen and oxygen atoms in total. The second-order valence-electron chi connectivity index (χ2n) is 2.82. The van der Waals surface area contributed by atoms with E-state index >= 15 is 0 Å². The number of rotatable bonds is 1. The lowest BCUT2D eigenvalue weighted by atomic mass is 10.2. The van der Waals surface area contributed by atoms with Gasteiger partial charge in [0.2, 0.25) is 3.79 Å². The summed E-state index contributed by atoms with van der Waals surface area (Å²) in [7, 11) is 0. The van der Waals surface area contributed by atoms with Gasteiger partial charge in [0.15, 0.2) is 0 Å². The van der Waals surface area contributed by atoms with Crippen LogP contribution < -0.4 is 0 Å². The van der Waals surface area contributed by atoms with Crippen molar-refractivity contribution < 1.29 is 0 Å². The van der Waals surface area contributed by atoms with Gasteiger partial charge in [-0.1, -0.05) is 59.1 Å². The Kier molecular flexibility index (Phi) is 3.21. The fourth-order valence-electron chi connectivity index (χ4n) is 1.07. The van der Waals surface area contributed by atoms with Gasteiger partial charge < -0.3 is 0 Å². The highest BCUT2D eigenvalue weighted by Gasteiger charge is 2.26. The van der Waals surface area contributed by atoms with Crippen LogP contribution in [0.4, 0.5) is 0 Å². The Hall–Kier alpha value is -0.280. The monoisotopic (exact) mass is 276 g/mol. The molecule has 0 amide bonds. The molecule has 0 N–H and O–H groups in total. The predicted molar refractivity (Wildman–Crippen MR) is 65.6 cm³/mol.